The summed E-state index contributed by atoms with van der Waals surface area (Å²) >= 11 is 0. The van der Waals surface area contributed by atoms with Gasteiger partial charge in [0.15, 0.2) is 0 Å². The maximum Gasteiger partial charge on any atom is 0.339 e. The molecule has 0 saturated heterocycles. The number of hydrogen-bond donors (Lipinski definition) is 0. The van der Waals surface area contributed by atoms with E-state index in [1.165, 1.54) is 7.11 Å². The summed E-state index contributed by atoms with van der Waals surface area (Å²) in [6, 6.07) is 0. The molecule has 70 valence electrons. The molecule has 0 N–H and O–H groups in total. The van der Waals surface area contributed by atoms with Gasteiger partial charge in [0.25, 0.3) is 0 Å². The summed E-state index contributed by atoms with van der Waals surface area (Å²) in [6.07, 6.45) is 0. The molecule has 12 heavy (non-hydrogen) atoms. The number of hydrogen-bond acceptors (Lipinski definition) is 5. The second-order valence-corrected chi connectivity index (χ2v) is 1.92. The van der Waals surface area contributed by atoms with E-state index in [0.29, 0.717) is 6.61 Å². The van der Waals surface area contributed by atoms with Crippen LogP contribution in [0.25, 0.3) is 0 Å². The normalized spacial score (nSPS) is 9.50. The monoisotopic (exact) mass is 176 g/mol. The largest absolute Gasteiger partial charge is 0.390 e. The van der Waals surface area contributed by atoms with Crippen molar-refractivity contribution >= 4 is 11.9 Å². The molecule has 0 fully saturated rings. The van der Waals surface area contributed by atoms with Crippen LogP contribution in [0.4, 0.5) is 0 Å². The fourth-order valence-electron chi connectivity index (χ4n) is 0.489. The molecule has 0 unspecified atom stereocenters. The first-order chi connectivity index (χ1) is 5.70. The van der Waals surface area contributed by atoms with Gasteiger partial charge in [-0.3, -0.25) is 0 Å². The molecule has 0 aromatic carbocycles. The van der Waals surface area contributed by atoms with Gasteiger partial charge in [0, 0.05) is 13.7 Å². The van der Waals surface area contributed by atoms with Gasteiger partial charge in [0.1, 0.15) is 13.2 Å². The van der Waals surface area contributed by atoms with Crippen molar-refractivity contribution in [2.45, 2.75) is 6.92 Å². The van der Waals surface area contributed by atoms with Crippen molar-refractivity contribution < 1.29 is 23.8 Å². The molecule has 0 aliphatic heterocycles. The number of ether oxygens (including phenoxy) is 3. The van der Waals surface area contributed by atoms with Gasteiger partial charge in [0.05, 0.1) is 0 Å². The fraction of sp³-hybridized carbons (Fsp3) is 0.714. The molecule has 0 heterocycles. The standard InChI is InChI=1S/C7H12O5/c1-3-11-5-7(9)12-6(8)4-10-2/h3-5H2,1-2H3. The van der Waals surface area contributed by atoms with Crippen molar-refractivity contribution in [3.05, 3.63) is 0 Å². The van der Waals surface area contributed by atoms with Crippen molar-refractivity contribution in [1.29, 1.82) is 0 Å². The van der Waals surface area contributed by atoms with Gasteiger partial charge in [0.2, 0.25) is 0 Å². The van der Waals surface area contributed by atoms with Crippen LogP contribution < -0.4 is 0 Å². The predicted molar refractivity (Wildman–Crippen MR) is 39.5 cm³/mol. The molecule has 0 spiro atoms. The first-order valence-corrected chi connectivity index (χ1v) is 3.50. The SMILES string of the molecule is CCOCC(=O)OC(=O)COC. The van der Waals surface area contributed by atoms with E-state index >= 15 is 0 Å². The van der Waals surface area contributed by atoms with Crippen molar-refractivity contribution in [3.8, 4) is 0 Å². The van der Waals surface area contributed by atoms with Gasteiger partial charge in [-0.25, -0.2) is 9.59 Å². The predicted octanol–water partition coefficient (Wildman–Crippen LogP) is -0.261. The van der Waals surface area contributed by atoms with Gasteiger partial charge < -0.3 is 14.2 Å². The minimum Gasteiger partial charge on any atom is -0.390 e. The molecule has 0 bridgehead atoms. The van der Waals surface area contributed by atoms with Crippen LogP contribution in [-0.2, 0) is 23.8 Å². The van der Waals surface area contributed by atoms with E-state index in [-0.39, 0.29) is 13.2 Å². The van der Waals surface area contributed by atoms with Crippen LogP contribution in [0, 0.1) is 0 Å². The maximum absolute atomic E-state index is 10.7. The van der Waals surface area contributed by atoms with Gasteiger partial charge in [-0.1, -0.05) is 0 Å². The summed E-state index contributed by atoms with van der Waals surface area (Å²) in [5.41, 5.74) is 0. The van der Waals surface area contributed by atoms with Gasteiger partial charge >= 0.3 is 11.9 Å². The van der Waals surface area contributed by atoms with Crippen molar-refractivity contribution in [1.82, 2.24) is 0 Å². The lowest BCUT2D eigenvalue weighted by molar-refractivity contribution is -0.165. The minimum atomic E-state index is -0.706. The zero-order chi connectivity index (χ0) is 9.40. The van der Waals surface area contributed by atoms with E-state index in [4.69, 9.17) is 4.74 Å². The Morgan fingerprint density at radius 1 is 1.17 bits per heavy atom. The van der Waals surface area contributed by atoms with Gasteiger partial charge in [-0.2, -0.15) is 0 Å². The summed E-state index contributed by atoms with van der Waals surface area (Å²) in [7, 11) is 1.34. The Kier molecular flexibility index (Phi) is 6.22. The molecule has 0 rings (SSSR count). The third-order valence-electron chi connectivity index (χ3n) is 0.914. The average molecular weight is 176 g/mol. The molecule has 0 aromatic heterocycles. The van der Waals surface area contributed by atoms with E-state index in [2.05, 4.69) is 9.47 Å². The van der Waals surface area contributed by atoms with Crippen LogP contribution >= 0.6 is 0 Å². The van der Waals surface area contributed by atoms with E-state index in [1.807, 2.05) is 0 Å². The number of methoxy groups -OCH3 is 1. The van der Waals surface area contributed by atoms with Crippen LogP contribution in [0.2, 0.25) is 0 Å². The third kappa shape index (κ3) is 5.82. The summed E-state index contributed by atoms with van der Waals surface area (Å²) in [4.78, 5) is 21.3. The highest BCUT2D eigenvalue weighted by Crippen LogP contribution is 1.83. The topological polar surface area (TPSA) is 61.8 Å². The third-order valence-corrected chi connectivity index (χ3v) is 0.914. The molecule has 0 saturated carbocycles. The molecule has 0 aromatic rings. The number of esters is 2. The number of carbonyl (C=O) groups is 2. The Balaban J connectivity index is 3.47. The Morgan fingerprint density at radius 2 is 1.75 bits per heavy atom. The van der Waals surface area contributed by atoms with Gasteiger partial charge in [-0.15, -0.1) is 0 Å². The highest BCUT2D eigenvalue weighted by atomic mass is 16.6. The molecule has 0 aliphatic rings. The second-order valence-electron chi connectivity index (χ2n) is 1.92. The second kappa shape index (κ2) is 6.75. The minimum absolute atomic E-state index is 0.202. The van der Waals surface area contributed by atoms with E-state index in [1.54, 1.807) is 6.92 Å². The quantitative estimate of drug-likeness (QED) is 0.426. The number of carbonyl (C=O) groups excluding carboxylic acids is 2. The smallest absolute Gasteiger partial charge is 0.339 e. The van der Waals surface area contributed by atoms with Crippen LogP contribution in [0.3, 0.4) is 0 Å². The zero-order valence-corrected chi connectivity index (χ0v) is 7.16. The van der Waals surface area contributed by atoms with Crippen LogP contribution in [0.5, 0.6) is 0 Å². The number of rotatable bonds is 5. The fourth-order valence-corrected chi connectivity index (χ4v) is 0.489. The van der Waals surface area contributed by atoms with Gasteiger partial charge in [-0.05, 0) is 6.92 Å². The summed E-state index contributed by atoms with van der Waals surface area (Å²) in [5, 5.41) is 0. The lowest BCUT2D eigenvalue weighted by atomic mass is 10.7. The summed E-state index contributed by atoms with van der Waals surface area (Å²) in [6.45, 7) is 1.72. The molecule has 0 aliphatic carbocycles. The van der Waals surface area contributed by atoms with Crippen LogP contribution in [-0.4, -0.2) is 38.9 Å². The van der Waals surface area contributed by atoms with Crippen molar-refractivity contribution in [2.75, 3.05) is 26.9 Å². The summed E-state index contributed by atoms with van der Waals surface area (Å²) in [5.74, 6) is -1.40. The average Bonchev–Trinajstić information content (AvgIpc) is 2.01. The molecular formula is C7H12O5. The molecule has 0 amide bonds. The Morgan fingerprint density at radius 3 is 2.25 bits per heavy atom. The Bertz CT molecular complexity index is 154. The van der Waals surface area contributed by atoms with E-state index < -0.39 is 11.9 Å². The first-order valence-electron chi connectivity index (χ1n) is 3.50. The highest BCUT2D eigenvalue weighted by molar-refractivity contribution is 5.86. The molecular weight excluding hydrogens is 164 g/mol. The highest BCUT2D eigenvalue weighted by Gasteiger charge is 2.08. The van der Waals surface area contributed by atoms with E-state index in [0.717, 1.165) is 0 Å². The molecule has 0 radical (unpaired) electrons. The van der Waals surface area contributed by atoms with Crippen molar-refractivity contribution in [3.63, 3.8) is 0 Å². The van der Waals surface area contributed by atoms with Crippen LogP contribution in [0.1, 0.15) is 6.92 Å². The Labute approximate surface area is 70.6 Å². The molecule has 5 heteroatoms. The zero-order valence-electron chi connectivity index (χ0n) is 7.16. The van der Waals surface area contributed by atoms with E-state index in [9.17, 15) is 9.59 Å². The van der Waals surface area contributed by atoms with Crippen LogP contribution in [0.15, 0.2) is 0 Å². The molecule has 0 atom stereocenters. The lowest BCUT2D eigenvalue weighted by Crippen LogP contribution is -2.20. The first kappa shape index (κ1) is 11.1. The summed E-state index contributed by atoms with van der Waals surface area (Å²) < 4.78 is 13.4. The van der Waals surface area contributed by atoms with Crippen molar-refractivity contribution in [2.24, 2.45) is 0 Å². The molecule has 5 nitrogen and oxygen atoms in total. The Hall–Kier alpha value is -0.940. The maximum atomic E-state index is 10.7. The lowest BCUT2D eigenvalue weighted by Gasteiger charge is -2.01.